The number of aromatic nitrogens is 5. The lowest BCUT2D eigenvalue weighted by molar-refractivity contribution is 0.0928. The Hall–Kier alpha value is -2.85. The molecule has 9 nitrogen and oxygen atoms in total. The van der Waals surface area contributed by atoms with Gasteiger partial charge in [0, 0.05) is 29.2 Å². The molecule has 0 spiro atoms. The van der Waals surface area contributed by atoms with E-state index in [9.17, 15) is 13.2 Å². The molecule has 28 heavy (non-hydrogen) atoms. The molecule has 0 atom stereocenters. The molecule has 1 saturated carbocycles. The Bertz CT molecular complexity index is 1160. The molecule has 0 radical (unpaired) electrons. The first kappa shape index (κ1) is 18.5. The predicted molar refractivity (Wildman–Crippen MR) is 99.9 cm³/mol. The van der Waals surface area contributed by atoms with Crippen LogP contribution in [-0.2, 0) is 15.4 Å². The molecular formula is C17H15ClN6O3S. The number of rotatable bonds is 5. The zero-order chi connectivity index (χ0) is 19.9. The van der Waals surface area contributed by atoms with Gasteiger partial charge >= 0.3 is 0 Å². The highest BCUT2D eigenvalue weighted by molar-refractivity contribution is 7.90. The van der Waals surface area contributed by atoms with Crippen molar-refractivity contribution < 1.29 is 13.2 Å². The van der Waals surface area contributed by atoms with Gasteiger partial charge in [-0.3, -0.25) is 4.79 Å². The third kappa shape index (κ3) is 3.48. The molecule has 0 bridgehead atoms. The van der Waals surface area contributed by atoms with Gasteiger partial charge in [-0.25, -0.2) is 23.4 Å². The van der Waals surface area contributed by atoms with Gasteiger partial charge in [0.2, 0.25) is 0 Å². The summed E-state index contributed by atoms with van der Waals surface area (Å²) >= 11 is 6.00. The van der Waals surface area contributed by atoms with E-state index >= 15 is 0 Å². The molecule has 1 aliphatic rings. The first-order chi connectivity index (χ1) is 13.3. The molecular weight excluding hydrogens is 404 g/mol. The monoisotopic (exact) mass is 418 g/mol. The van der Waals surface area contributed by atoms with Crippen molar-refractivity contribution in [1.29, 1.82) is 0 Å². The molecule has 3 aromatic rings. The lowest BCUT2D eigenvalue weighted by atomic mass is 10.1. The summed E-state index contributed by atoms with van der Waals surface area (Å²) in [5.41, 5.74) is -0.568. The Morgan fingerprint density at radius 1 is 1.18 bits per heavy atom. The summed E-state index contributed by atoms with van der Waals surface area (Å²) in [6, 6.07) is 5.72. The maximum atomic E-state index is 12.8. The summed E-state index contributed by atoms with van der Waals surface area (Å²) < 4.78 is 25.1. The van der Waals surface area contributed by atoms with Crippen LogP contribution in [0.1, 0.15) is 29.0 Å². The van der Waals surface area contributed by atoms with Crippen molar-refractivity contribution in [2.45, 2.75) is 23.3 Å². The van der Waals surface area contributed by atoms with Gasteiger partial charge in [-0.05, 0) is 37.1 Å². The zero-order valence-corrected chi connectivity index (χ0v) is 16.3. The molecule has 2 aromatic heterocycles. The van der Waals surface area contributed by atoms with Crippen molar-refractivity contribution in [3.05, 3.63) is 59.4 Å². The highest BCUT2D eigenvalue weighted by atomic mass is 35.5. The topological polar surface area (TPSA) is 120 Å². The largest absolute Gasteiger partial charge is 0.339 e. The smallest absolute Gasteiger partial charge is 0.252 e. The van der Waals surface area contributed by atoms with Crippen LogP contribution in [0.5, 0.6) is 0 Å². The Kier molecular flexibility index (Phi) is 4.39. The number of carbonyl (C=O) groups is 1. The fourth-order valence-corrected chi connectivity index (χ4v) is 3.82. The summed E-state index contributed by atoms with van der Waals surface area (Å²) in [6.07, 6.45) is 6.92. The molecule has 0 unspecified atom stereocenters. The number of benzene rings is 1. The second-order valence-corrected chi connectivity index (χ2v) is 8.98. The molecule has 1 fully saturated rings. The lowest BCUT2D eigenvalue weighted by Gasteiger charge is -2.17. The average Bonchev–Trinajstić information content (AvgIpc) is 3.25. The number of sulfone groups is 1. The minimum atomic E-state index is -3.50. The van der Waals surface area contributed by atoms with Crippen LogP contribution in [0.2, 0.25) is 5.02 Å². The summed E-state index contributed by atoms with van der Waals surface area (Å²) in [7, 11) is -3.50. The van der Waals surface area contributed by atoms with Crippen molar-refractivity contribution in [2.24, 2.45) is 0 Å². The molecule has 11 heteroatoms. The highest BCUT2D eigenvalue weighted by Gasteiger charge is 2.50. The van der Waals surface area contributed by atoms with Crippen molar-refractivity contribution in [3.8, 4) is 5.95 Å². The summed E-state index contributed by atoms with van der Waals surface area (Å²) in [5.74, 6) is 0.406. The fraction of sp³-hybridized carbons (Fsp3) is 0.235. The third-order valence-corrected chi connectivity index (χ3v) is 5.69. The number of amides is 1. The van der Waals surface area contributed by atoms with Gasteiger partial charge in [0.15, 0.2) is 15.7 Å². The normalized spacial score (nSPS) is 15.2. The maximum absolute atomic E-state index is 12.8. The molecule has 0 saturated heterocycles. The van der Waals surface area contributed by atoms with Crippen LogP contribution in [0.4, 0.5) is 0 Å². The van der Waals surface area contributed by atoms with Crippen LogP contribution in [0.15, 0.2) is 47.9 Å². The first-order valence-corrected chi connectivity index (χ1v) is 10.6. The van der Waals surface area contributed by atoms with Crippen LogP contribution >= 0.6 is 11.6 Å². The van der Waals surface area contributed by atoms with E-state index in [1.54, 1.807) is 18.5 Å². The average molecular weight is 419 g/mol. The second-order valence-electron chi connectivity index (χ2n) is 6.53. The maximum Gasteiger partial charge on any atom is 0.252 e. The molecule has 1 aliphatic carbocycles. The van der Waals surface area contributed by atoms with E-state index < -0.39 is 21.3 Å². The molecule has 2 heterocycles. The summed E-state index contributed by atoms with van der Waals surface area (Å²) in [6.45, 7) is 0. The van der Waals surface area contributed by atoms with Gasteiger partial charge in [0.25, 0.3) is 11.9 Å². The zero-order valence-electron chi connectivity index (χ0n) is 14.7. The van der Waals surface area contributed by atoms with Gasteiger partial charge in [-0.1, -0.05) is 11.6 Å². The highest BCUT2D eigenvalue weighted by Crippen LogP contribution is 2.45. The minimum Gasteiger partial charge on any atom is -0.339 e. The van der Waals surface area contributed by atoms with Crippen LogP contribution in [0.3, 0.4) is 0 Å². The second kappa shape index (κ2) is 6.64. The van der Waals surface area contributed by atoms with Gasteiger partial charge in [-0.2, -0.15) is 9.78 Å². The van der Waals surface area contributed by atoms with E-state index in [0.717, 1.165) is 6.26 Å². The van der Waals surface area contributed by atoms with E-state index in [-0.39, 0.29) is 15.5 Å². The Morgan fingerprint density at radius 2 is 1.89 bits per heavy atom. The Balaban J connectivity index is 1.65. The number of nitrogens with one attached hydrogen (secondary N) is 1. The van der Waals surface area contributed by atoms with Crippen LogP contribution in [0.25, 0.3) is 5.95 Å². The van der Waals surface area contributed by atoms with Crippen molar-refractivity contribution in [1.82, 2.24) is 30.0 Å². The predicted octanol–water partition coefficient (Wildman–Crippen LogP) is 1.53. The molecule has 1 aromatic carbocycles. The standard InChI is InChI=1S/C17H15ClN6O3S/c1-28(26,27)13-8-11(7-12(18)9-13)14(25)23-17(3-4-17)15-21-10-22-24(15)16-19-5-2-6-20-16/h2,5-10H,3-4H2,1H3,(H,23,25). The van der Waals surface area contributed by atoms with E-state index in [0.29, 0.717) is 24.6 Å². The number of hydrogen-bond acceptors (Lipinski definition) is 7. The van der Waals surface area contributed by atoms with Crippen molar-refractivity contribution in [3.63, 3.8) is 0 Å². The van der Waals surface area contributed by atoms with Crippen LogP contribution in [0, 0.1) is 0 Å². The van der Waals surface area contributed by atoms with Gasteiger partial charge < -0.3 is 5.32 Å². The van der Waals surface area contributed by atoms with Crippen molar-refractivity contribution in [2.75, 3.05) is 6.26 Å². The summed E-state index contributed by atoms with van der Waals surface area (Å²) in [5, 5.41) is 7.26. The lowest BCUT2D eigenvalue weighted by Crippen LogP contribution is -2.37. The molecule has 1 amide bonds. The number of nitrogens with zero attached hydrogens (tertiary/aromatic N) is 5. The van der Waals surface area contributed by atoms with Gasteiger partial charge in [-0.15, -0.1) is 0 Å². The number of halogens is 1. The Morgan fingerprint density at radius 3 is 2.54 bits per heavy atom. The SMILES string of the molecule is CS(=O)(=O)c1cc(Cl)cc(C(=O)NC2(c3ncnn3-c3ncccn3)CC2)c1. The third-order valence-electron chi connectivity index (χ3n) is 4.38. The quantitative estimate of drug-likeness (QED) is 0.667. The van der Waals surface area contributed by atoms with E-state index in [1.165, 1.54) is 29.2 Å². The van der Waals surface area contributed by atoms with Crippen molar-refractivity contribution >= 4 is 27.3 Å². The van der Waals surface area contributed by atoms with Gasteiger partial charge in [0.1, 0.15) is 11.9 Å². The summed E-state index contributed by atoms with van der Waals surface area (Å²) in [4.78, 5) is 25.4. The minimum absolute atomic E-state index is 0.0177. The first-order valence-electron chi connectivity index (χ1n) is 8.30. The molecule has 0 aliphatic heterocycles. The van der Waals surface area contributed by atoms with E-state index in [4.69, 9.17) is 11.6 Å². The fourth-order valence-electron chi connectivity index (χ4n) is 2.84. The van der Waals surface area contributed by atoms with Gasteiger partial charge in [0.05, 0.1) is 4.90 Å². The molecule has 144 valence electrons. The van der Waals surface area contributed by atoms with E-state index in [2.05, 4.69) is 25.4 Å². The van der Waals surface area contributed by atoms with Crippen LogP contribution in [-0.4, -0.2) is 45.3 Å². The molecule has 4 rings (SSSR count). The number of carbonyl (C=O) groups excluding carboxylic acids is 1. The van der Waals surface area contributed by atoms with E-state index in [1.807, 2.05) is 0 Å². The molecule has 1 N–H and O–H groups in total. The van der Waals surface area contributed by atoms with Crippen LogP contribution < -0.4 is 5.32 Å². The Labute approximate surface area is 165 Å². The number of hydrogen-bond donors (Lipinski definition) is 1.